The van der Waals surface area contributed by atoms with E-state index in [-0.39, 0.29) is 32.6 Å². The smallest absolute Gasteiger partial charge is 0.288 e. The monoisotopic (exact) mass is 390 g/mol. The van der Waals surface area contributed by atoms with Gasteiger partial charge in [-0.05, 0) is 32.4 Å². The average Bonchev–Trinajstić information content (AvgIpc) is 2.93. The molecule has 9 heteroatoms. The number of rotatable bonds is 7. The number of hydrogen-bond donors (Lipinski definition) is 2. The molecule has 0 bridgehead atoms. The Morgan fingerprint density at radius 1 is 1.26 bits per heavy atom. The maximum atomic E-state index is 13.2. The topological polar surface area (TPSA) is 120 Å². The van der Waals surface area contributed by atoms with Gasteiger partial charge < -0.3 is 15.0 Å². The molecule has 3 aromatic rings. The van der Waals surface area contributed by atoms with E-state index in [1.165, 1.54) is 22.9 Å². The van der Waals surface area contributed by atoms with Gasteiger partial charge in [-0.3, -0.25) is 4.79 Å². The summed E-state index contributed by atoms with van der Waals surface area (Å²) in [6.07, 6.45) is 1.99. The van der Waals surface area contributed by atoms with Crippen LogP contribution < -0.4 is 11.3 Å². The number of H-pyrrole nitrogens is 1. The lowest BCUT2D eigenvalue weighted by Gasteiger charge is -2.10. The van der Waals surface area contributed by atoms with Crippen LogP contribution in [0.5, 0.6) is 0 Å². The summed E-state index contributed by atoms with van der Waals surface area (Å²) in [4.78, 5) is 12.4. The highest BCUT2D eigenvalue weighted by molar-refractivity contribution is 7.92. The third-order valence-electron chi connectivity index (χ3n) is 4.17. The predicted octanol–water partition coefficient (Wildman–Crippen LogP) is 1.95. The van der Waals surface area contributed by atoms with Crippen molar-refractivity contribution in [2.24, 2.45) is 0 Å². The van der Waals surface area contributed by atoms with Crippen molar-refractivity contribution >= 4 is 26.6 Å². The quantitative estimate of drug-likeness (QED) is 0.595. The molecule has 2 aromatic heterocycles. The van der Waals surface area contributed by atoms with Gasteiger partial charge in [0.2, 0.25) is 9.84 Å². The molecule has 0 atom stereocenters. The molecule has 0 saturated heterocycles. The van der Waals surface area contributed by atoms with Crippen LogP contribution in [0.25, 0.3) is 10.9 Å². The third-order valence-corrected chi connectivity index (χ3v) is 6.03. The van der Waals surface area contributed by atoms with Crippen molar-refractivity contribution in [2.75, 3.05) is 12.3 Å². The van der Waals surface area contributed by atoms with E-state index in [4.69, 9.17) is 10.5 Å². The van der Waals surface area contributed by atoms with E-state index in [1.807, 2.05) is 13.8 Å². The fourth-order valence-electron chi connectivity index (χ4n) is 2.98. The number of anilines is 1. The van der Waals surface area contributed by atoms with Crippen LogP contribution in [0.4, 0.5) is 5.82 Å². The number of sulfone groups is 1. The normalized spacial score (nSPS) is 12.1. The van der Waals surface area contributed by atoms with Gasteiger partial charge in [0.25, 0.3) is 5.56 Å². The van der Waals surface area contributed by atoms with Gasteiger partial charge in [0.1, 0.15) is 16.2 Å². The number of aromatic nitrogens is 3. The molecule has 1 aromatic carbocycles. The molecular weight excluding hydrogens is 368 g/mol. The molecule has 27 heavy (non-hydrogen) atoms. The molecule has 0 aliphatic rings. The van der Waals surface area contributed by atoms with E-state index in [9.17, 15) is 13.2 Å². The number of ether oxygens (including phenoxy) is 1. The first kappa shape index (κ1) is 19.1. The molecule has 0 fully saturated rings. The van der Waals surface area contributed by atoms with Gasteiger partial charge in [-0.15, -0.1) is 0 Å². The lowest BCUT2D eigenvalue weighted by atomic mass is 10.3. The summed E-state index contributed by atoms with van der Waals surface area (Å²) < 4.78 is 33.4. The van der Waals surface area contributed by atoms with Crippen LogP contribution in [-0.4, -0.2) is 35.9 Å². The second-order valence-electron chi connectivity index (χ2n) is 6.42. The van der Waals surface area contributed by atoms with Crippen LogP contribution in [0.3, 0.4) is 0 Å². The van der Waals surface area contributed by atoms with Crippen molar-refractivity contribution in [1.29, 1.82) is 0 Å². The van der Waals surface area contributed by atoms with Gasteiger partial charge in [0.15, 0.2) is 0 Å². The number of nitrogens with one attached hydrogen (secondary N) is 1. The number of aromatic amines is 1. The summed E-state index contributed by atoms with van der Waals surface area (Å²) in [5, 5.41) is 6.32. The Morgan fingerprint density at radius 2 is 1.96 bits per heavy atom. The first-order valence-electron chi connectivity index (χ1n) is 8.61. The Balaban J connectivity index is 2.13. The van der Waals surface area contributed by atoms with Crippen LogP contribution in [0.1, 0.15) is 20.3 Å². The van der Waals surface area contributed by atoms with Crippen LogP contribution in [0.15, 0.2) is 51.1 Å². The summed E-state index contributed by atoms with van der Waals surface area (Å²) in [7, 11) is -3.91. The van der Waals surface area contributed by atoms with Gasteiger partial charge in [0.05, 0.1) is 17.2 Å². The van der Waals surface area contributed by atoms with E-state index in [0.29, 0.717) is 19.6 Å². The van der Waals surface area contributed by atoms with Crippen LogP contribution >= 0.6 is 0 Å². The van der Waals surface area contributed by atoms with E-state index in [0.717, 1.165) is 0 Å². The fraction of sp³-hybridized carbons (Fsp3) is 0.333. The van der Waals surface area contributed by atoms with E-state index < -0.39 is 15.4 Å². The number of nitrogens with two attached hydrogens (primary N) is 1. The summed E-state index contributed by atoms with van der Waals surface area (Å²) in [5.74, 6) is 0.0249. The van der Waals surface area contributed by atoms with Gasteiger partial charge in [-0.25, -0.2) is 13.5 Å². The average molecular weight is 390 g/mol. The Labute approximate surface area is 156 Å². The molecule has 0 unspecified atom stereocenters. The van der Waals surface area contributed by atoms with Crippen molar-refractivity contribution < 1.29 is 13.2 Å². The highest BCUT2D eigenvalue weighted by atomic mass is 32.2. The molecule has 0 radical (unpaired) electrons. The lowest BCUT2D eigenvalue weighted by molar-refractivity contribution is 0.0751. The molecule has 2 heterocycles. The zero-order valence-electron chi connectivity index (χ0n) is 15.2. The zero-order chi connectivity index (χ0) is 19.6. The molecule has 0 aliphatic heterocycles. The Morgan fingerprint density at radius 3 is 2.63 bits per heavy atom. The largest absolute Gasteiger partial charge is 0.384 e. The minimum atomic E-state index is -3.91. The SMILES string of the molecule is CC(C)OCCCn1c(N)c(S(=O)(=O)c2ccccc2)c2cn[nH]c(=O)c21. The predicted molar refractivity (Wildman–Crippen MR) is 102 cm³/mol. The first-order valence-corrected chi connectivity index (χ1v) is 10.1. The molecule has 0 amide bonds. The minimum Gasteiger partial charge on any atom is -0.384 e. The lowest BCUT2D eigenvalue weighted by Crippen LogP contribution is -2.15. The molecule has 0 aliphatic carbocycles. The summed E-state index contributed by atoms with van der Waals surface area (Å²) in [6.45, 7) is 4.69. The summed E-state index contributed by atoms with van der Waals surface area (Å²) >= 11 is 0. The number of hydrogen-bond acceptors (Lipinski definition) is 6. The fourth-order valence-corrected chi connectivity index (χ4v) is 4.56. The Bertz CT molecular complexity index is 1100. The molecule has 3 N–H and O–H groups in total. The second-order valence-corrected chi connectivity index (χ2v) is 8.30. The maximum Gasteiger partial charge on any atom is 0.288 e. The van der Waals surface area contributed by atoms with Gasteiger partial charge in [-0.1, -0.05) is 18.2 Å². The Kier molecular flexibility index (Phi) is 5.33. The van der Waals surface area contributed by atoms with Crippen molar-refractivity contribution in [1.82, 2.24) is 14.8 Å². The highest BCUT2D eigenvalue weighted by Crippen LogP contribution is 2.34. The van der Waals surface area contributed by atoms with Crippen molar-refractivity contribution in [3.63, 3.8) is 0 Å². The van der Waals surface area contributed by atoms with Crippen LogP contribution in [0, 0.1) is 0 Å². The van der Waals surface area contributed by atoms with Crippen LogP contribution in [0.2, 0.25) is 0 Å². The molecular formula is C18H22N4O4S. The molecule has 0 saturated carbocycles. The van der Waals surface area contributed by atoms with Crippen molar-refractivity contribution in [3.8, 4) is 0 Å². The second kappa shape index (κ2) is 7.53. The highest BCUT2D eigenvalue weighted by Gasteiger charge is 2.29. The maximum absolute atomic E-state index is 13.2. The summed E-state index contributed by atoms with van der Waals surface area (Å²) in [5.41, 5.74) is 5.92. The number of nitrogens with zero attached hydrogens (tertiary/aromatic N) is 2. The number of benzene rings is 1. The van der Waals surface area contributed by atoms with Gasteiger partial charge >= 0.3 is 0 Å². The van der Waals surface area contributed by atoms with E-state index in [1.54, 1.807) is 18.2 Å². The van der Waals surface area contributed by atoms with E-state index >= 15 is 0 Å². The first-order chi connectivity index (χ1) is 12.8. The summed E-state index contributed by atoms with van der Waals surface area (Å²) in [6, 6.07) is 7.99. The number of fused-ring (bicyclic) bond motifs is 1. The molecule has 3 rings (SSSR count). The Hall–Kier alpha value is -2.65. The van der Waals surface area contributed by atoms with Crippen molar-refractivity contribution in [2.45, 2.75) is 42.7 Å². The molecule has 144 valence electrons. The van der Waals surface area contributed by atoms with Gasteiger partial charge in [0, 0.05) is 18.5 Å². The molecule has 0 spiro atoms. The van der Waals surface area contributed by atoms with Crippen molar-refractivity contribution in [3.05, 3.63) is 46.9 Å². The van der Waals surface area contributed by atoms with Crippen LogP contribution in [-0.2, 0) is 21.1 Å². The van der Waals surface area contributed by atoms with E-state index in [2.05, 4.69) is 10.2 Å². The standard InChI is InChI=1S/C18H22N4O4S/c1-12(2)26-10-6-9-22-15-14(11-20-21-18(15)23)16(17(22)19)27(24,25)13-7-4-3-5-8-13/h3-5,7-8,11-12H,6,9-10,19H2,1-2H3,(H,21,23). The number of nitrogen functional groups attached to an aromatic ring is 1. The third kappa shape index (κ3) is 3.60. The number of aryl methyl sites for hydroxylation is 1. The van der Waals surface area contributed by atoms with Gasteiger partial charge in [-0.2, -0.15) is 5.10 Å². The molecule has 8 nitrogen and oxygen atoms in total. The zero-order valence-corrected chi connectivity index (χ0v) is 16.0. The minimum absolute atomic E-state index is 0.0249.